The van der Waals surface area contributed by atoms with Crippen molar-refractivity contribution in [3.63, 3.8) is 0 Å². The third-order valence-electron chi connectivity index (χ3n) is 5.50. The van der Waals surface area contributed by atoms with Crippen LogP contribution in [0.2, 0.25) is 5.02 Å². The monoisotopic (exact) mass is 437 g/mol. The smallest absolute Gasteiger partial charge is 0.289 e. The molecule has 3 aromatic rings. The zero-order valence-electron chi connectivity index (χ0n) is 17.3. The molecule has 1 atom stereocenters. The maximum Gasteiger partial charge on any atom is 0.289 e. The van der Waals surface area contributed by atoms with E-state index in [1.165, 1.54) is 6.26 Å². The number of hydrogen-bond acceptors (Lipinski definition) is 4. The van der Waals surface area contributed by atoms with Gasteiger partial charge in [-0.05, 0) is 42.3 Å². The van der Waals surface area contributed by atoms with Gasteiger partial charge in [0.2, 0.25) is 5.91 Å². The van der Waals surface area contributed by atoms with Gasteiger partial charge in [0.25, 0.3) is 5.91 Å². The Labute approximate surface area is 186 Å². The van der Waals surface area contributed by atoms with Crippen molar-refractivity contribution in [2.75, 3.05) is 31.5 Å². The molecule has 0 spiro atoms. The van der Waals surface area contributed by atoms with E-state index in [-0.39, 0.29) is 11.8 Å². The number of carbonyl (C=O) groups excluding carboxylic acids is 2. The summed E-state index contributed by atoms with van der Waals surface area (Å²) in [7, 11) is 0. The van der Waals surface area contributed by atoms with Crippen LogP contribution in [0.1, 0.15) is 27.7 Å². The van der Waals surface area contributed by atoms with E-state index in [1.54, 1.807) is 23.1 Å². The number of rotatable bonds is 5. The topological polar surface area (TPSA) is 65.8 Å². The van der Waals surface area contributed by atoms with Gasteiger partial charge in [0.15, 0.2) is 5.76 Å². The van der Waals surface area contributed by atoms with E-state index in [0.717, 1.165) is 11.1 Å². The Morgan fingerprint density at radius 2 is 1.74 bits per heavy atom. The maximum absolute atomic E-state index is 13.3. The summed E-state index contributed by atoms with van der Waals surface area (Å²) in [5, 5.41) is 3.61. The molecule has 2 aromatic carbocycles. The van der Waals surface area contributed by atoms with Crippen LogP contribution in [0.5, 0.6) is 0 Å². The lowest BCUT2D eigenvalue weighted by Crippen LogP contribution is -2.51. The molecule has 1 N–H and O–H groups in total. The Kier molecular flexibility index (Phi) is 6.39. The molecule has 2 amide bonds. The molecule has 0 bridgehead atoms. The molecule has 4 rings (SSSR count). The molecule has 1 aliphatic heterocycles. The normalized spacial score (nSPS) is 15.5. The fourth-order valence-corrected chi connectivity index (χ4v) is 3.96. The number of halogens is 1. The number of nitrogens with zero attached hydrogens (tertiary/aromatic N) is 2. The second-order valence-electron chi connectivity index (χ2n) is 7.57. The Morgan fingerprint density at radius 3 is 2.39 bits per heavy atom. The minimum atomic E-state index is -0.470. The molecule has 160 valence electrons. The van der Waals surface area contributed by atoms with E-state index in [2.05, 4.69) is 10.2 Å². The molecule has 1 aliphatic rings. The van der Waals surface area contributed by atoms with Crippen molar-refractivity contribution < 1.29 is 14.0 Å². The lowest BCUT2D eigenvalue weighted by Gasteiger charge is -2.38. The number of carbonyl (C=O) groups is 2. The first-order valence-corrected chi connectivity index (χ1v) is 10.6. The highest BCUT2D eigenvalue weighted by Crippen LogP contribution is 2.26. The van der Waals surface area contributed by atoms with Crippen LogP contribution in [0.15, 0.2) is 71.3 Å². The molecule has 7 heteroatoms. The van der Waals surface area contributed by atoms with E-state index >= 15 is 0 Å². The molecule has 1 aromatic heterocycles. The van der Waals surface area contributed by atoms with E-state index in [0.29, 0.717) is 42.6 Å². The van der Waals surface area contributed by atoms with Crippen molar-refractivity contribution in [1.82, 2.24) is 9.80 Å². The van der Waals surface area contributed by atoms with Crippen LogP contribution in [0.25, 0.3) is 0 Å². The van der Waals surface area contributed by atoms with Gasteiger partial charge in [-0.1, -0.05) is 48.0 Å². The highest BCUT2D eigenvalue weighted by atomic mass is 35.5. The zero-order valence-corrected chi connectivity index (χ0v) is 18.0. The molecule has 31 heavy (non-hydrogen) atoms. The van der Waals surface area contributed by atoms with Crippen molar-refractivity contribution in [3.8, 4) is 0 Å². The second-order valence-corrected chi connectivity index (χ2v) is 7.98. The van der Waals surface area contributed by atoms with Gasteiger partial charge in [-0.15, -0.1) is 0 Å². The average Bonchev–Trinajstić information content (AvgIpc) is 3.32. The van der Waals surface area contributed by atoms with E-state index < -0.39 is 6.04 Å². The molecule has 1 fully saturated rings. The van der Waals surface area contributed by atoms with Gasteiger partial charge in [-0.3, -0.25) is 14.5 Å². The van der Waals surface area contributed by atoms with Crippen molar-refractivity contribution in [3.05, 3.63) is 88.8 Å². The number of anilines is 1. The summed E-state index contributed by atoms with van der Waals surface area (Å²) in [6.07, 6.45) is 1.50. The number of hydrogen-bond donors (Lipinski definition) is 1. The minimum absolute atomic E-state index is 0.125. The Morgan fingerprint density at radius 1 is 1.00 bits per heavy atom. The molecule has 0 unspecified atom stereocenters. The summed E-state index contributed by atoms with van der Waals surface area (Å²) in [5.41, 5.74) is 2.52. The number of furan rings is 1. The lowest BCUT2D eigenvalue weighted by molar-refractivity contribution is -0.122. The first kappa shape index (κ1) is 21.2. The van der Waals surface area contributed by atoms with Gasteiger partial charge in [0.1, 0.15) is 6.04 Å². The summed E-state index contributed by atoms with van der Waals surface area (Å²) in [5.74, 6) is 0.0821. The van der Waals surface area contributed by atoms with Crippen LogP contribution in [-0.4, -0.2) is 47.8 Å². The summed E-state index contributed by atoms with van der Waals surface area (Å²) in [6.45, 7) is 4.12. The van der Waals surface area contributed by atoms with Crippen molar-refractivity contribution in [2.24, 2.45) is 0 Å². The van der Waals surface area contributed by atoms with Gasteiger partial charge >= 0.3 is 0 Å². The van der Waals surface area contributed by atoms with Gasteiger partial charge in [-0.2, -0.15) is 0 Å². The molecular weight excluding hydrogens is 414 g/mol. The molecule has 2 heterocycles. The summed E-state index contributed by atoms with van der Waals surface area (Å²) < 4.78 is 5.24. The van der Waals surface area contributed by atoms with E-state index in [1.807, 2.05) is 49.4 Å². The fraction of sp³-hybridized carbons (Fsp3) is 0.250. The Bertz CT molecular complexity index is 1050. The van der Waals surface area contributed by atoms with Gasteiger partial charge in [-0.25, -0.2) is 0 Å². The van der Waals surface area contributed by atoms with Crippen molar-refractivity contribution in [1.29, 1.82) is 0 Å². The van der Waals surface area contributed by atoms with Gasteiger partial charge < -0.3 is 14.6 Å². The van der Waals surface area contributed by atoms with Crippen LogP contribution in [-0.2, 0) is 4.79 Å². The quantitative estimate of drug-likeness (QED) is 0.643. The third kappa shape index (κ3) is 4.81. The fourth-order valence-electron chi connectivity index (χ4n) is 3.78. The number of nitrogens with one attached hydrogen (secondary N) is 1. The minimum Gasteiger partial charge on any atom is -0.459 e. The lowest BCUT2D eigenvalue weighted by atomic mass is 10.0. The highest BCUT2D eigenvalue weighted by Gasteiger charge is 2.32. The first-order valence-electron chi connectivity index (χ1n) is 10.2. The van der Waals surface area contributed by atoms with Crippen LogP contribution < -0.4 is 5.32 Å². The van der Waals surface area contributed by atoms with E-state index in [9.17, 15) is 9.59 Å². The number of amides is 2. The molecule has 0 aliphatic carbocycles. The maximum atomic E-state index is 13.3. The van der Waals surface area contributed by atoms with Crippen LogP contribution in [0, 0.1) is 6.92 Å². The first-order chi connectivity index (χ1) is 15.0. The molecule has 0 radical (unpaired) electrons. The zero-order chi connectivity index (χ0) is 21.8. The average molecular weight is 438 g/mol. The molecular formula is C24H24ClN3O3. The van der Waals surface area contributed by atoms with E-state index in [4.69, 9.17) is 16.0 Å². The number of aryl methyl sites for hydroxylation is 1. The van der Waals surface area contributed by atoms with Gasteiger partial charge in [0.05, 0.1) is 6.26 Å². The highest BCUT2D eigenvalue weighted by molar-refractivity contribution is 6.31. The van der Waals surface area contributed by atoms with Crippen molar-refractivity contribution in [2.45, 2.75) is 13.0 Å². The summed E-state index contributed by atoms with van der Waals surface area (Å²) in [4.78, 5) is 29.7. The summed E-state index contributed by atoms with van der Waals surface area (Å²) in [6, 6.07) is 18.1. The third-order valence-corrected chi connectivity index (χ3v) is 5.91. The Hall–Kier alpha value is -3.09. The molecule has 1 saturated heterocycles. The largest absolute Gasteiger partial charge is 0.459 e. The van der Waals surface area contributed by atoms with Crippen LogP contribution in [0.3, 0.4) is 0 Å². The van der Waals surface area contributed by atoms with Gasteiger partial charge in [0, 0.05) is 36.9 Å². The second kappa shape index (κ2) is 9.37. The number of benzene rings is 2. The predicted octanol–water partition coefficient (Wildman–Crippen LogP) is 4.38. The predicted molar refractivity (Wildman–Crippen MR) is 120 cm³/mol. The van der Waals surface area contributed by atoms with Crippen molar-refractivity contribution >= 4 is 29.1 Å². The Balaban J connectivity index is 1.50. The molecule has 6 nitrogen and oxygen atoms in total. The standard InChI is InChI=1S/C24H24ClN3O3/c1-17-9-10-19(16-20(17)25)26-23(29)22(18-6-3-2-4-7-18)27-11-13-28(14-12-27)24(30)21-8-5-15-31-21/h2-10,15-16,22H,11-14H2,1H3,(H,26,29)/t22-/m1/s1. The van der Waals surface area contributed by atoms with Crippen LogP contribution in [0.4, 0.5) is 5.69 Å². The SMILES string of the molecule is Cc1ccc(NC(=O)[C@@H](c2ccccc2)N2CCN(C(=O)c3ccco3)CC2)cc1Cl. The summed E-state index contributed by atoms with van der Waals surface area (Å²) >= 11 is 6.22. The molecule has 0 saturated carbocycles. The number of piperazine rings is 1. The van der Waals surface area contributed by atoms with Crippen LogP contribution >= 0.6 is 11.6 Å².